The summed E-state index contributed by atoms with van der Waals surface area (Å²) in [6.07, 6.45) is -0.815. The van der Waals surface area contributed by atoms with Crippen LogP contribution in [0, 0.1) is 0 Å². The number of rotatable bonds is 3. The molecule has 0 radical (unpaired) electrons. The fraction of sp³-hybridized carbons (Fsp3) is 0.417. The first kappa shape index (κ1) is 12.2. The quantitative estimate of drug-likeness (QED) is 0.908. The van der Waals surface area contributed by atoms with Crippen molar-refractivity contribution in [3.63, 3.8) is 0 Å². The molecule has 0 saturated heterocycles. The number of alkyl halides is 2. The van der Waals surface area contributed by atoms with Crippen LogP contribution in [0.25, 0.3) is 0 Å². The molecule has 19 heavy (non-hydrogen) atoms. The Hall–Kier alpha value is -1.89. The number of hydrogen-bond acceptors (Lipinski definition) is 4. The lowest BCUT2D eigenvalue weighted by Crippen LogP contribution is -2.57. The van der Waals surface area contributed by atoms with Gasteiger partial charge >= 0.3 is 0 Å². The highest BCUT2D eigenvalue weighted by molar-refractivity contribution is 5.18. The van der Waals surface area contributed by atoms with Gasteiger partial charge in [-0.1, -0.05) is 30.3 Å². The molecule has 3 rings (SSSR count). The second kappa shape index (κ2) is 4.06. The van der Waals surface area contributed by atoms with Gasteiger partial charge in [0.25, 0.3) is 5.92 Å². The van der Waals surface area contributed by atoms with E-state index in [-0.39, 0.29) is 0 Å². The Labute approximate surface area is 108 Å². The summed E-state index contributed by atoms with van der Waals surface area (Å²) in [4.78, 5) is 0. The Morgan fingerprint density at radius 2 is 1.89 bits per heavy atom. The largest absolute Gasteiger partial charge is 0.318 e. The van der Waals surface area contributed by atoms with Crippen LogP contribution in [0.5, 0.6) is 0 Å². The molecule has 2 N–H and O–H groups in total. The average molecular weight is 265 g/mol. The first-order valence-electron chi connectivity index (χ1n) is 5.96. The van der Waals surface area contributed by atoms with Crippen LogP contribution in [0.2, 0.25) is 0 Å². The number of tetrazole rings is 1. The van der Waals surface area contributed by atoms with Crippen LogP contribution in [0.4, 0.5) is 8.78 Å². The van der Waals surface area contributed by atoms with Gasteiger partial charge in [-0.05, 0) is 16.0 Å². The first-order valence-corrected chi connectivity index (χ1v) is 5.96. The third kappa shape index (κ3) is 2.21. The molecular formula is C12H13F2N5. The summed E-state index contributed by atoms with van der Waals surface area (Å²) >= 11 is 0. The van der Waals surface area contributed by atoms with Crippen molar-refractivity contribution >= 4 is 0 Å². The van der Waals surface area contributed by atoms with Gasteiger partial charge in [-0.3, -0.25) is 0 Å². The van der Waals surface area contributed by atoms with Crippen molar-refractivity contribution in [2.75, 3.05) is 0 Å². The van der Waals surface area contributed by atoms with Crippen molar-refractivity contribution in [3.8, 4) is 0 Å². The molecule has 0 unspecified atom stereocenters. The minimum Gasteiger partial charge on any atom is -0.318 e. The van der Waals surface area contributed by atoms with Crippen LogP contribution in [-0.4, -0.2) is 26.1 Å². The molecule has 1 aromatic heterocycles. The molecule has 1 saturated carbocycles. The molecule has 0 atom stereocenters. The van der Waals surface area contributed by atoms with Crippen molar-refractivity contribution < 1.29 is 8.78 Å². The van der Waals surface area contributed by atoms with E-state index < -0.39 is 24.3 Å². The normalized spacial score (nSPS) is 19.9. The minimum atomic E-state index is -2.71. The summed E-state index contributed by atoms with van der Waals surface area (Å²) in [5, 5.41) is 11.2. The van der Waals surface area contributed by atoms with Crippen molar-refractivity contribution in [2.45, 2.75) is 30.8 Å². The summed E-state index contributed by atoms with van der Waals surface area (Å²) in [5.74, 6) is -2.39. The highest BCUT2D eigenvalue weighted by atomic mass is 19.3. The van der Waals surface area contributed by atoms with E-state index in [0.29, 0.717) is 12.4 Å². The van der Waals surface area contributed by atoms with E-state index in [1.807, 2.05) is 30.3 Å². The van der Waals surface area contributed by atoms with Crippen molar-refractivity contribution in [1.82, 2.24) is 20.2 Å². The summed E-state index contributed by atoms with van der Waals surface area (Å²) < 4.78 is 27.5. The van der Waals surface area contributed by atoms with Crippen LogP contribution in [0.15, 0.2) is 30.3 Å². The van der Waals surface area contributed by atoms with Gasteiger partial charge in [-0.15, -0.1) is 5.10 Å². The topological polar surface area (TPSA) is 69.6 Å². The zero-order valence-corrected chi connectivity index (χ0v) is 10.1. The minimum absolute atomic E-state index is 0.322. The predicted molar refractivity (Wildman–Crippen MR) is 63.4 cm³/mol. The maximum Gasteiger partial charge on any atom is 0.252 e. The van der Waals surface area contributed by atoms with Gasteiger partial charge in [-0.2, -0.15) is 0 Å². The second-order valence-corrected chi connectivity index (χ2v) is 5.01. The maximum atomic E-state index is 13.0. The lowest BCUT2D eigenvalue weighted by atomic mass is 9.73. The average Bonchev–Trinajstić information content (AvgIpc) is 2.76. The third-order valence-corrected chi connectivity index (χ3v) is 3.30. The predicted octanol–water partition coefficient (Wildman–Crippen LogP) is 1.30. The number of nitrogens with zero attached hydrogens (tertiary/aromatic N) is 4. The van der Waals surface area contributed by atoms with E-state index in [1.165, 1.54) is 4.68 Å². The number of nitrogens with two attached hydrogens (primary N) is 1. The molecule has 0 bridgehead atoms. The van der Waals surface area contributed by atoms with Crippen molar-refractivity contribution in [2.24, 2.45) is 5.73 Å². The highest BCUT2D eigenvalue weighted by Gasteiger charge is 2.57. The number of benzene rings is 1. The second-order valence-electron chi connectivity index (χ2n) is 5.01. The molecule has 1 aliphatic carbocycles. The van der Waals surface area contributed by atoms with Gasteiger partial charge < -0.3 is 5.73 Å². The molecule has 100 valence electrons. The number of hydrogen-bond donors (Lipinski definition) is 1. The number of halogens is 2. The molecular weight excluding hydrogens is 252 g/mol. The number of aromatic nitrogens is 4. The van der Waals surface area contributed by atoms with Crippen molar-refractivity contribution in [3.05, 3.63) is 41.7 Å². The summed E-state index contributed by atoms with van der Waals surface area (Å²) in [5.41, 5.74) is 5.82. The molecule has 0 amide bonds. The zero-order valence-electron chi connectivity index (χ0n) is 10.1. The molecule has 0 aliphatic heterocycles. The molecule has 1 aromatic carbocycles. The SMILES string of the molecule is NC1(c2nnnn2Cc2ccccc2)CC(F)(F)C1. The van der Waals surface area contributed by atoms with Gasteiger partial charge in [0, 0.05) is 12.8 Å². The van der Waals surface area contributed by atoms with E-state index in [1.54, 1.807) is 0 Å². The molecule has 1 heterocycles. The molecule has 2 aromatic rings. The monoisotopic (exact) mass is 265 g/mol. The Balaban J connectivity index is 1.84. The molecule has 7 heteroatoms. The van der Waals surface area contributed by atoms with Gasteiger partial charge in [0.15, 0.2) is 5.82 Å². The lowest BCUT2D eigenvalue weighted by molar-refractivity contribution is -0.128. The lowest BCUT2D eigenvalue weighted by Gasteiger charge is -2.42. The van der Waals surface area contributed by atoms with Crippen LogP contribution in [0.3, 0.4) is 0 Å². The van der Waals surface area contributed by atoms with Crippen LogP contribution < -0.4 is 5.73 Å². The summed E-state index contributed by atoms with van der Waals surface area (Å²) in [6.45, 7) is 0.424. The maximum absolute atomic E-state index is 13.0. The van der Waals surface area contributed by atoms with E-state index >= 15 is 0 Å². The Kier molecular flexibility index (Phi) is 2.60. The van der Waals surface area contributed by atoms with E-state index in [0.717, 1.165) is 5.56 Å². The van der Waals surface area contributed by atoms with Crippen LogP contribution in [-0.2, 0) is 12.1 Å². The fourth-order valence-electron chi connectivity index (χ4n) is 2.45. The van der Waals surface area contributed by atoms with Gasteiger partial charge in [0.05, 0.1) is 12.1 Å². The molecule has 1 fully saturated rings. The first-order chi connectivity index (χ1) is 8.99. The smallest absolute Gasteiger partial charge is 0.252 e. The molecule has 0 spiro atoms. The fourth-order valence-corrected chi connectivity index (χ4v) is 2.45. The van der Waals surface area contributed by atoms with E-state index in [2.05, 4.69) is 15.5 Å². The summed E-state index contributed by atoms with van der Waals surface area (Å²) in [6, 6.07) is 9.54. The Bertz CT molecular complexity index is 573. The molecule has 1 aliphatic rings. The zero-order chi connectivity index (χ0) is 13.5. The van der Waals surface area contributed by atoms with Crippen LogP contribution in [0.1, 0.15) is 24.2 Å². The van der Waals surface area contributed by atoms with E-state index in [9.17, 15) is 8.78 Å². The summed E-state index contributed by atoms with van der Waals surface area (Å²) in [7, 11) is 0. The third-order valence-electron chi connectivity index (χ3n) is 3.30. The Morgan fingerprint density at radius 3 is 2.53 bits per heavy atom. The molecule has 5 nitrogen and oxygen atoms in total. The highest BCUT2D eigenvalue weighted by Crippen LogP contribution is 2.49. The van der Waals surface area contributed by atoms with Gasteiger partial charge in [0.2, 0.25) is 0 Å². The van der Waals surface area contributed by atoms with Gasteiger partial charge in [-0.25, -0.2) is 13.5 Å². The standard InChI is InChI=1S/C12H13F2N5/c13-12(14)7-11(15,8-12)10-16-17-18-19(10)6-9-4-2-1-3-5-9/h1-5H,6-8,15H2. The Morgan fingerprint density at radius 1 is 1.21 bits per heavy atom. The van der Waals surface area contributed by atoms with Crippen molar-refractivity contribution in [1.29, 1.82) is 0 Å². The van der Waals surface area contributed by atoms with Gasteiger partial charge in [0.1, 0.15) is 0 Å². The van der Waals surface area contributed by atoms with Crippen LogP contribution >= 0.6 is 0 Å². The van der Waals surface area contributed by atoms with E-state index in [4.69, 9.17) is 5.73 Å².